The average molecular weight is 531 g/mol. The molecule has 9 heteroatoms. The zero-order valence-electron chi connectivity index (χ0n) is 22.1. The van der Waals surface area contributed by atoms with Crippen LogP contribution in [0.3, 0.4) is 0 Å². The van der Waals surface area contributed by atoms with Crippen LogP contribution in [0.5, 0.6) is 5.75 Å². The van der Waals surface area contributed by atoms with Crippen LogP contribution < -0.4 is 4.74 Å². The summed E-state index contributed by atoms with van der Waals surface area (Å²) in [6.45, 7) is 3.00. The van der Waals surface area contributed by atoms with E-state index in [-0.39, 0.29) is 42.2 Å². The second kappa shape index (κ2) is 9.50. The first kappa shape index (κ1) is 26.4. The fourth-order valence-electron chi connectivity index (χ4n) is 6.07. The summed E-state index contributed by atoms with van der Waals surface area (Å²) in [4.78, 5) is 58.1. The molecule has 3 aliphatic rings. The maximum absolute atomic E-state index is 14.7. The third-order valence-electron chi connectivity index (χ3n) is 7.63. The SMILES string of the molecule is COc1ccccc1C(O)=C1C(=O)C(=O)N(CCO)C12C(=O)N(Cc1ccccc1)C1=C2C(=O)CC(C)(C)C1. The molecule has 2 aromatic carbocycles. The van der Waals surface area contributed by atoms with Gasteiger partial charge in [-0.15, -0.1) is 0 Å². The Balaban J connectivity index is 1.84. The van der Waals surface area contributed by atoms with E-state index in [2.05, 4.69) is 0 Å². The molecule has 1 saturated heterocycles. The first-order valence-corrected chi connectivity index (χ1v) is 12.8. The minimum atomic E-state index is -2.21. The fourth-order valence-corrected chi connectivity index (χ4v) is 6.07. The molecule has 1 unspecified atom stereocenters. The number of fused-ring (bicyclic) bond motifs is 1. The number of likely N-dealkylation sites (tertiary alicyclic amines) is 1. The Bertz CT molecular complexity index is 1460. The van der Waals surface area contributed by atoms with Crippen molar-refractivity contribution in [3.8, 4) is 5.75 Å². The molecule has 1 atom stereocenters. The molecule has 1 spiro atoms. The van der Waals surface area contributed by atoms with Crippen molar-refractivity contribution in [2.75, 3.05) is 20.3 Å². The minimum Gasteiger partial charge on any atom is -0.507 e. The van der Waals surface area contributed by atoms with E-state index < -0.39 is 46.5 Å². The zero-order chi connectivity index (χ0) is 28.1. The molecular weight excluding hydrogens is 500 g/mol. The van der Waals surface area contributed by atoms with Gasteiger partial charge in [-0.05, 0) is 29.5 Å². The second-order valence-corrected chi connectivity index (χ2v) is 10.8. The summed E-state index contributed by atoms with van der Waals surface area (Å²) < 4.78 is 5.38. The number of rotatable bonds is 6. The lowest BCUT2D eigenvalue weighted by atomic mass is 9.70. The Morgan fingerprint density at radius 1 is 0.974 bits per heavy atom. The summed E-state index contributed by atoms with van der Waals surface area (Å²) in [6, 6.07) is 15.6. The molecule has 2 heterocycles. The van der Waals surface area contributed by atoms with Crippen molar-refractivity contribution in [1.82, 2.24) is 9.80 Å². The summed E-state index contributed by atoms with van der Waals surface area (Å²) in [5, 5.41) is 21.5. The molecule has 1 aliphatic carbocycles. The summed E-state index contributed by atoms with van der Waals surface area (Å²) in [5.41, 5.74) is -1.88. The number of carbonyl (C=O) groups excluding carboxylic acids is 4. The van der Waals surface area contributed by atoms with Gasteiger partial charge in [-0.25, -0.2) is 0 Å². The van der Waals surface area contributed by atoms with Gasteiger partial charge in [-0.2, -0.15) is 0 Å². The summed E-state index contributed by atoms with van der Waals surface area (Å²) in [5.74, 6) is -3.65. The van der Waals surface area contributed by atoms with Crippen molar-refractivity contribution in [2.45, 2.75) is 38.8 Å². The molecule has 202 valence electrons. The van der Waals surface area contributed by atoms with Crippen LogP contribution in [0.25, 0.3) is 5.76 Å². The van der Waals surface area contributed by atoms with Gasteiger partial charge in [0.05, 0.1) is 37.0 Å². The average Bonchev–Trinajstić information content (AvgIpc) is 3.27. The Morgan fingerprint density at radius 3 is 2.31 bits per heavy atom. The van der Waals surface area contributed by atoms with Gasteiger partial charge in [0.1, 0.15) is 11.5 Å². The van der Waals surface area contributed by atoms with E-state index in [0.29, 0.717) is 12.1 Å². The molecule has 0 saturated carbocycles. The van der Waals surface area contributed by atoms with Crippen LogP contribution in [0.1, 0.15) is 37.8 Å². The predicted octanol–water partition coefficient (Wildman–Crippen LogP) is 2.79. The molecule has 0 aromatic heterocycles. The third kappa shape index (κ3) is 3.87. The van der Waals surface area contributed by atoms with Crippen LogP contribution in [0, 0.1) is 5.41 Å². The highest BCUT2D eigenvalue weighted by Crippen LogP contribution is 2.55. The van der Waals surface area contributed by atoms with Crippen LogP contribution in [0.15, 0.2) is 71.4 Å². The molecule has 0 bridgehead atoms. The molecule has 1 fully saturated rings. The number of methoxy groups -OCH3 is 1. The molecule has 2 aromatic rings. The number of para-hydroxylation sites is 1. The number of allylic oxidation sites excluding steroid dienone is 1. The first-order chi connectivity index (χ1) is 18.6. The smallest absolute Gasteiger partial charge is 0.296 e. The number of hydrogen-bond donors (Lipinski definition) is 2. The van der Waals surface area contributed by atoms with Gasteiger partial charge in [0.2, 0.25) is 0 Å². The number of carbonyl (C=O) groups is 4. The van der Waals surface area contributed by atoms with Gasteiger partial charge in [0.15, 0.2) is 11.3 Å². The Hall–Kier alpha value is -4.24. The van der Waals surface area contributed by atoms with Gasteiger partial charge in [0, 0.05) is 18.7 Å². The Morgan fingerprint density at radius 2 is 1.64 bits per heavy atom. The lowest BCUT2D eigenvalue weighted by Crippen LogP contribution is -2.57. The van der Waals surface area contributed by atoms with Crippen molar-refractivity contribution < 1.29 is 34.1 Å². The van der Waals surface area contributed by atoms with E-state index in [4.69, 9.17) is 4.74 Å². The van der Waals surface area contributed by atoms with Crippen LogP contribution in [0.4, 0.5) is 0 Å². The van der Waals surface area contributed by atoms with Gasteiger partial charge < -0.3 is 24.7 Å². The molecule has 9 nitrogen and oxygen atoms in total. The number of ketones is 2. The van der Waals surface area contributed by atoms with Crippen LogP contribution >= 0.6 is 0 Å². The van der Waals surface area contributed by atoms with Crippen molar-refractivity contribution in [2.24, 2.45) is 5.41 Å². The van der Waals surface area contributed by atoms with Crippen LogP contribution in [-0.4, -0.2) is 69.2 Å². The normalized spacial score (nSPS) is 23.7. The predicted molar refractivity (Wildman–Crippen MR) is 141 cm³/mol. The molecule has 2 amide bonds. The topological polar surface area (TPSA) is 124 Å². The number of benzene rings is 2. The molecule has 2 aliphatic heterocycles. The standard InChI is InChI=1S/C30H30N2O7/c1-29(2)15-20-23(21(34)16-29)30(28(38)31(20)17-18-9-5-4-6-10-18)24(26(36)27(37)32(30)13-14-33)25(35)19-11-7-8-12-22(19)39-3/h4-12,33,35H,13-17H2,1-3H3. The van der Waals surface area contributed by atoms with E-state index in [1.807, 2.05) is 44.2 Å². The largest absolute Gasteiger partial charge is 0.507 e. The molecule has 2 N–H and O–H groups in total. The maximum Gasteiger partial charge on any atom is 0.296 e. The van der Waals surface area contributed by atoms with Crippen molar-refractivity contribution in [1.29, 1.82) is 0 Å². The lowest BCUT2D eigenvalue weighted by molar-refractivity contribution is -0.145. The number of hydrogen-bond acceptors (Lipinski definition) is 7. The Kier molecular flexibility index (Phi) is 6.42. The number of β-amino-alcohol motifs (C(OH)–C–C–N with tert-alkyl or cyclic N) is 1. The molecule has 39 heavy (non-hydrogen) atoms. The summed E-state index contributed by atoms with van der Waals surface area (Å²) >= 11 is 0. The molecular formula is C30H30N2O7. The van der Waals surface area contributed by atoms with Crippen LogP contribution in [-0.2, 0) is 25.7 Å². The molecule has 5 rings (SSSR count). The number of ether oxygens (including phenoxy) is 1. The van der Waals surface area contributed by atoms with Crippen molar-refractivity contribution >= 4 is 29.1 Å². The highest BCUT2D eigenvalue weighted by molar-refractivity contribution is 6.50. The second-order valence-electron chi connectivity index (χ2n) is 10.8. The molecule has 0 radical (unpaired) electrons. The zero-order valence-corrected chi connectivity index (χ0v) is 22.1. The summed E-state index contributed by atoms with van der Waals surface area (Å²) in [7, 11) is 1.39. The fraction of sp³-hybridized carbons (Fsp3) is 0.333. The van der Waals surface area contributed by atoms with Crippen molar-refractivity contribution in [3.63, 3.8) is 0 Å². The van der Waals surface area contributed by atoms with Gasteiger partial charge in [-0.1, -0.05) is 56.3 Å². The third-order valence-corrected chi connectivity index (χ3v) is 7.63. The minimum absolute atomic E-state index is 0.00635. The van der Waals surface area contributed by atoms with E-state index in [0.717, 1.165) is 10.5 Å². The van der Waals surface area contributed by atoms with Gasteiger partial charge in [-0.3, -0.25) is 19.2 Å². The first-order valence-electron chi connectivity index (χ1n) is 12.8. The number of Topliss-reactive ketones (excluding diaryl/α,β-unsaturated/α-hetero) is 2. The van der Waals surface area contributed by atoms with E-state index in [9.17, 15) is 29.4 Å². The number of nitrogens with zero attached hydrogens (tertiary/aromatic N) is 2. The van der Waals surface area contributed by atoms with E-state index in [1.165, 1.54) is 18.1 Å². The van der Waals surface area contributed by atoms with E-state index >= 15 is 0 Å². The quantitative estimate of drug-likeness (QED) is 0.334. The van der Waals surface area contributed by atoms with E-state index in [1.54, 1.807) is 18.2 Å². The van der Waals surface area contributed by atoms with Crippen LogP contribution in [0.2, 0.25) is 0 Å². The number of amides is 2. The maximum atomic E-state index is 14.7. The number of aliphatic hydroxyl groups excluding tert-OH is 2. The van der Waals surface area contributed by atoms with Gasteiger partial charge >= 0.3 is 0 Å². The Labute approximate surface area is 226 Å². The highest BCUT2D eigenvalue weighted by atomic mass is 16.5. The highest BCUT2D eigenvalue weighted by Gasteiger charge is 2.70. The van der Waals surface area contributed by atoms with Gasteiger partial charge in [0.25, 0.3) is 17.6 Å². The lowest BCUT2D eigenvalue weighted by Gasteiger charge is -2.37. The summed E-state index contributed by atoms with van der Waals surface area (Å²) in [6.07, 6.45) is 0.421. The number of aliphatic hydroxyl groups is 2. The monoisotopic (exact) mass is 530 g/mol. The van der Waals surface area contributed by atoms with Crippen molar-refractivity contribution in [3.05, 3.63) is 82.6 Å².